The van der Waals surface area contributed by atoms with Gasteiger partial charge in [-0.15, -0.1) is 0 Å². The van der Waals surface area contributed by atoms with Crippen molar-refractivity contribution in [1.82, 2.24) is 9.97 Å². The fourth-order valence-corrected chi connectivity index (χ4v) is 1.41. The molecule has 0 radical (unpaired) electrons. The van der Waals surface area contributed by atoms with Gasteiger partial charge >= 0.3 is 5.69 Å². The van der Waals surface area contributed by atoms with E-state index in [1.165, 1.54) is 6.20 Å². The van der Waals surface area contributed by atoms with Crippen LogP contribution in [0.2, 0.25) is 0 Å². The Morgan fingerprint density at radius 2 is 2.07 bits per heavy atom. The van der Waals surface area contributed by atoms with Crippen LogP contribution >= 0.6 is 0 Å². The van der Waals surface area contributed by atoms with Crippen molar-refractivity contribution in [3.05, 3.63) is 22.2 Å². The number of nitrogens with one attached hydrogen (secondary N) is 1. The summed E-state index contributed by atoms with van der Waals surface area (Å²) in [6, 6.07) is 0. The van der Waals surface area contributed by atoms with Gasteiger partial charge in [0.15, 0.2) is 5.78 Å². The minimum atomic E-state index is -0.416. The topological polar surface area (TPSA) is 66.1 Å². The second kappa shape index (κ2) is 4.72. The van der Waals surface area contributed by atoms with Crippen LogP contribution in [0.15, 0.2) is 11.0 Å². The molecule has 1 N–H and O–H groups in total. The van der Waals surface area contributed by atoms with Crippen molar-refractivity contribution in [2.24, 2.45) is 0 Å². The van der Waals surface area contributed by atoms with Crippen molar-refractivity contribution in [1.29, 1.82) is 0 Å². The van der Waals surface area contributed by atoms with Crippen molar-refractivity contribution >= 4 is 11.6 Å². The number of carbonyl (C=O) groups excluding carboxylic acids is 1. The predicted molar refractivity (Wildman–Crippen MR) is 58.4 cm³/mol. The zero-order chi connectivity index (χ0) is 11.4. The Bertz CT molecular complexity index is 411. The number of anilines is 1. The van der Waals surface area contributed by atoms with E-state index >= 15 is 0 Å². The lowest BCUT2D eigenvalue weighted by Crippen LogP contribution is -2.32. The quantitative estimate of drug-likeness (QED) is 0.687. The summed E-state index contributed by atoms with van der Waals surface area (Å²) in [5.74, 6) is 0.619. The number of H-pyrrole nitrogens is 1. The van der Waals surface area contributed by atoms with Gasteiger partial charge in [0.1, 0.15) is 5.82 Å². The molecule has 0 unspecified atom stereocenters. The molecule has 2 heterocycles. The van der Waals surface area contributed by atoms with Gasteiger partial charge in [-0.2, -0.15) is 0 Å². The summed E-state index contributed by atoms with van der Waals surface area (Å²) in [5.41, 5.74) is 0.0913. The third-order valence-corrected chi connectivity index (χ3v) is 2.15. The second-order valence-corrected chi connectivity index (χ2v) is 3.05. The van der Waals surface area contributed by atoms with Gasteiger partial charge in [-0.3, -0.25) is 9.78 Å². The van der Waals surface area contributed by atoms with Crippen LogP contribution in [0.25, 0.3) is 0 Å². The SMILES string of the molecule is CC.CN1CCC(=O)c2cnc(=O)[nH]c21. The number of aromatic nitrogens is 2. The van der Waals surface area contributed by atoms with E-state index in [1.54, 1.807) is 0 Å². The predicted octanol–water partition coefficient (Wildman–Crippen LogP) is 0.819. The van der Waals surface area contributed by atoms with Crippen LogP contribution in [-0.4, -0.2) is 29.3 Å². The summed E-state index contributed by atoms with van der Waals surface area (Å²) in [6.45, 7) is 4.64. The number of aromatic amines is 1. The van der Waals surface area contributed by atoms with E-state index in [0.717, 1.165) is 0 Å². The fraction of sp³-hybridized carbons (Fsp3) is 0.500. The molecule has 0 bridgehead atoms. The normalized spacial score (nSPS) is 14.1. The number of hydrogen-bond donors (Lipinski definition) is 1. The standard InChI is InChI=1S/C8H9N3O2.C2H6/c1-11-3-2-6(12)5-4-9-8(13)10-7(5)11;1-2/h4H,2-3H2,1H3,(H,9,10,13);1-2H3. The molecule has 0 spiro atoms. The highest BCUT2D eigenvalue weighted by atomic mass is 16.1. The third-order valence-electron chi connectivity index (χ3n) is 2.15. The molecule has 1 aromatic heterocycles. The molecule has 5 heteroatoms. The highest BCUT2D eigenvalue weighted by molar-refractivity contribution is 6.01. The zero-order valence-corrected chi connectivity index (χ0v) is 9.20. The van der Waals surface area contributed by atoms with Crippen LogP contribution in [0.5, 0.6) is 0 Å². The minimum absolute atomic E-state index is 0.0388. The first kappa shape index (κ1) is 11.4. The summed E-state index contributed by atoms with van der Waals surface area (Å²) < 4.78 is 0. The fourth-order valence-electron chi connectivity index (χ4n) is 1.41. The smallest absolute Gasteiger partial charge is 0.346 e. The molecule has 1 aliphatic heterocycles. The van der Waals surface area contributed by atoms with Crippen molar-refractivity contribution in [3.63, 3.8) is 0 Å². The Kier molecular flexibility index (Phi) is 3.60. The molecule has 15 heavy (non-hydrogen) atoms. The molecule has 82 valence electrons. The molecule has 0 saturated heterocycles. The van der Waals surface area contributed by atoms with Crippen molar-refractivity contribution < 1.29 is 4.79 Å². The molecule has 1 aliphatic rings. The van der Waals surface area contributed by atoms with Crippen LogP contribution in [0.1, 0.15) is 30.6 Å². The first-order valence-electron chi connectivity index (χ1n) is 5.02. The van der Waals surface area contributed by atoms with E-state index in [0.29, 0.717) is 24.3 Å². The zero-order valence-electron chi connectivity index (χ0n) is 9.20. The van der Waals surface area contributed by atoms with Gasteiger partial charge in [-0.1, -0.05) is 13.8 Å². The first-order chi connectivity index (χ1) is 7.18. The summed E-state index contributed by atoms with van der Waals surface area (Å²) in [5, 5.41) is 0. The van der Waals surface area contributed by atoms with E-state index in [-0.39, 0.29) is 5.78 Å². The molecule has 0 amide bonds. The van der Waals surface area contributed by atoms with Crippen LogP contribution in [0, 0.1) is 0 Å². The average molecular weight is 209 g/mol. The maximum Gasteiger partial charge on any atom is 0.346 e. The van der Waals surface area contributed by atoms with Crippen molar-refractivity contribution in [3.8, 4) is 0 Å². The van der Waals surface area contributed by atoms with Crippen LogP contribution in [0.3, 0.4) is 0 Å². The van der Waals surface area contributed by atoms with Gasteiger partial charge in [-0.25, -0.2) is 9.78 Å². The molecular formula is C10H15N3O2. The van der Waals surface area contributed by atoms with E-state index in [9.17, 15) is 9.59 Å². The largest absolute Gasteiger partial charge is 0.360 e. The van der Waals surface area contributed by atoms with Crippen molar-refractivity contribution in [2.75, 3.05) is 18.5 Å². The van der Waals surface area contributed by atoms with Crippen LogP contribution in [-0.2, 0) is 0 Å². The summed E-state index contributed by atoms with van der Waals surface area (Å²) >= 11 is 0. The highest BCUT2D eigenvalue weighted by Gasteiger charge is 2.21. The Labute approximate surface area is 88.1 Å². The van der Waals surface area contributed by atoms with Gasteiger partial charge < -0.3 is 4.90 Å². The number of hydrogen-bond acceptors (Lipinski definition) is 4. The van der Waals surface area contributed by atoms with E-state index in [1.807, 2.05) is 25.8 Å². The van der Waals surface area contributed by atoms with Gasteiger partial charge in [0, 0.05) is 26.2 Å². The van der Waals surface area contributed by atoms with Gasteiger partial charge in [0.05, 0.1) is 5.56 Å². The van der Waals surface area contributed by atoms with Gasteiger partial charge in [-0.05, 0) is 0 Å². The second-order valence-electron chi connectivity index (χ2n) is 3.05. The van der Waals surface area contributed by atoms with Crippen LogP contribution in [0.4, 0.5) is 5.82 Å². The molecule has 0 aromatic carbocycles. The lowest BCUT2D eigenvalue weighted by molar-refractivity contribution is 0.0979. The minimum Gasteiger partial charge on any atom is -0.360 e. The maximum absolute atomic E-state index is 11.4. The molecule has 5 nitrogen and oxygen atoms in total. The summed E-state index contributed by atoms with van der Waals surface area (Å²) in [6.07, 6.45) is 1.82. The number of rotatable bonds is 0. The monoisotopic (exact) mass is 209 g/mol. The Morgan fingerprint density at radius 1 is 1.40 bits per heavy atom. The van der Waals surface area contributed by atoms with Gasteiger partial charge in [0.2, 0.25) is 0 Å². The molecule has 2 rings (SSSR count). The highest BCUT2D eigenvalue weighted by Crippen LogP contribution is 2.20. The van der Waals surface area contributed by atoms with E-state index < -0.39 is 5.69 Å². The Balaban J connectivity index is 0.000000531. The summed E-state index contributed by atoms with van der Waals surface area (Å²) in [7, 11) is 1.83. The first-order valence-corrected chi connectivity index (χ1v) is 5.02. The molecule has 0 saturated carbocycles. The third kappa shape index (κ3) is 2.23. The van der Waals surface area contributed by atoms with Crippen LogP contribution < -0.4 is 10.6 Å². The van der Waals surface area contributed by atoms with E-state index in [4.69, 9.17) is 0 Å². The lowest BCUT2D eigenvalue weighted by Gasteiger charge is -2.24. The maximum atomic E-state index is 11.4. The molecular weight excluding hydrogens is 194 g/mol. The number of fused-ring (bicyclic) bond motifs is 1. The molecule has 0 atom stereocenters. The average Bonchev–Trinajstić information content (AvgIpc) is 2.27. The Morgan fingerprint density at radius 3 is 2.73 bits per heavy atom. The molecule has 0 fully saturated rings. The molecule has 1 aromatic rings. The molecule has 0 aliphatic carbocycles. The van der Waals surface area contributed by atoms with Gasteiger partial charge in [0.25, 0.3) is 0 Å². The summed E-state index contributed by atoms with van der Waals surface area (Å²) in [4.78, 5) is 30.2. The van der Waals surface area contributed by atoms with Crippen molar-refractivity contribution in [2.45, 2.75) is 20.3 Å². The van der Waals surface area contributed by atoms with E-state index in [2.05, 4.69) is 9.97 Å². The number of ketones is 1. The number of carbonyl (C=O) groups is 1. The Hall–Kier alpha value is -1.65. The number of Topliss-reactive ketones (excluding diaryl/α,β-unsaturated/α-hetero) is 1. The number of nitrogens with zero attached hydrogens (tertiary/aromatic N) is 2. The lowest BCUT2D eigenvalue weighted by atomic mass is 10.1.